The summed E-state index contributed by atoms with van der Waals surface area (Å²) in [6, 6.07) is 5.37. The van der Waals surface area contributed by atoms with Crippen LogP contribution in [-0.4, -0.2) is 32.2 Å². The van der Waals surface area contributed by atoms with Crippen LogP contribution >= 0.6 is 11.7 Å². The van der Waals surface area contributed by atoms with E-state index in [2.05, 4.69) is 14.1 Å². The van der Waals surface area contributed by atoms with Gasteiger partial charge in [-0.15, -0.1) is 0 Å². The number of carboxylic acids is 1. The number of anilines is 1. The van der Waals surface area contributed by atoms with E-state index in [9.17, 15) is 14.0 Å². The number of nitrogens with zero attached hydrogens (tertiary/aromatic N) is 2. The Hall–Kier alpha value is -2.35. The van der Waals surface area contributed by atoms with Crippen molar-refractivity contribution in [3.8, 4) is 0 Å². The Morgan fingerprint density at radius 3 is 2.62 bits per heavy atom. The van der Waals surface area contributed by atoms with Gasteiger partial charge in [0.2, 0.25) is 5.69 Å². The molecule has 0 saturated heterocycles. The highest BCUT2D eigenvalue weighted by Crippen LogP contribution is 2.12. The molecule has 2 aromatic rings. The zero-order valence-corrected chi connectivity index (χ0v) is 11.7. The summed E-state index contributed by atoms with van der Waals surface area (Å²) in [5.41, 5.74) is 0.336. The van der Waals surface area contributed by atoms with Crippen LogP contribution < -0.4 is 5.32 Å². The molecule has 110 valence electrons. The lowest BCUT2D eigenvalue weighted by atomic mass is 10.1. The number of carbonyl (C=O) groups is 2. The molecule has 0 fully saturated rings. The van der Waals surface area contributed by atoms with Crippen LogP contribution in [0.2, 0.25) is 0 Å². The van der Waals surface area contributed by atoms with E-state index in [1.165, 1.54) is 24.3 Å². The predicted octanol–water partition coefficient (Wildman–Crippen LogP) is 2.45. The van der Waals surface area contributed by atoms with Crippen molar-refractivity contribution in [2.24, 2.45) is 0 Å². The van der Waals surface area contributed by atoms with E-state index in [-0.39, 0.29) is 29.5 Å². The molecule has 0 aliphatic rings. The molecule has 0 amide bonds. The topological polar surface area (TPSA) is 92.2 Å². The third-order valence-electron chi connectivity index (χ3n) is 2.73. The van der Waals surface area contributed by atoms with Crippen molar-refractivity contribution < 1.29 is 19.1 Å². The summed E-state index contributed by atoms with van der Waals surface area (Å²) in [7, 11) is 0. The predicted molar refractivity (Wildman–Crippen MR) is 75.3 cm³/mol. The number of ketones is 1. The van der Waals surface area contributed by atoms with E-state index < -0.39 is 5.97 Å². The number of carboxylic acid groups (broad SMARTS) is 1. The van der Waals surface area contributed by atoms with Gasteiger partial charge in [0.15, 0.2) is 11.6 Å². The van der Waals surface area contributed by atoms with E-state index in [0.29, 0.717) is 18.5 Å². The Balaban J connectivity index is 1.79. The first-order chi connectivity index (χ1) is 10.1. The molecule has 1 aromatic carbocycles. The number of hydrogen-bond donors (Lipinski definition) is 2. The molecular weight excluding hydrogens is 297 g/mol. The van der Waals surface area contributed by atoms with Crippen LogP contribution in [0.5, 0.6) is 0 Å². The third kappa shape index (κ3) is 4.06. The number of halogens is 1. The monoisotopic (exact) mass is 309 g/mol. The Morgan fingerprint density at radius 2 is 1.95 bits per heavy atom. The highest BCUT2D eigenvalue weighted by atomic mass is 32.1. The summed E-state index contributed by atoms with van der Waals surface area (Å²) < 4.78 is 20.2. The molecule has 6 nitrogen and oxygen atoms in total. The number of aromatic carboxylic acids is 1. The van der Waals surface area contributed by atoms with Gasteiger partial charge in [0.25, 0.3) is 0 Å². The maximum atomic E-state index is 12.7. The van der Waals surface area contributed by atoms with Gasteiger partial charge in [-0.1, -0.05) is 0 Å². The molecule has 0 spiro atoms. The molecule has 2 N–H and O–H groups in total. The highest BCUT2D eigenvalue weighted by molar-refractivity contribution is 6.99. The molecule has 0 unspecified atom stereocenters. The maximum Gasteiger partial charge on any atom is 0.359 e. The average molecular weight is 309 g/mol. The number of benzene rings is 1. The van der Waals surface area contributed by atoms with E-state index in [1.807, 2.05) is 0 Å². The van der Waals surface area contributed by atoms with Gasteiger partial charge in [0.1, 0.15) is 5.82 Å². The first-order valence-corrected chi connectivity index (χ1v) is 6.89. The standard InChI is InChI=1S/C13H12FN3O3S/c14-9-5-3-8(4-6-9)10(18)2-1-7-15-12-11(13(19)20)16-21-17-12/h3-6H,1-2,7H2,(H,15,17)(H,19,20). The number of rotatable bonds is 7. The molecule has 0 bridgehead atoms. The number of aromatic nitrogens is 2. The summed E-state index contributed by atoms with van der Waals surface area (Å²) in [5.74, 6) is -1.41. The summed E-state index contributed by atoms with van der Waals surface area (Å²) >= 11 is 0.811. The molecule has 0 aliphatic carbocycles. The molecule has 8 heteroatoms. The normalized spacial score (nSPS) is 10.3. The Kier molecular flexibility index (Phi) is 4.94. The smallest absolute Gasteiger partial charge is 0.359 e. The number of hydrogen-bond acceptors (Lipinski definition) is 6. The molecule has 0 aliphatic heterocycles. The summed E-state index contributed by atoms with van der Waals surface area (Å²) in [6.07, 6.45) is 0.783. The van der Waals surface area contributed by atoms with Gasteiger partial charge in [-0.05, 0) is 30.7 Å². The Labute approximate surface area is 124 Å². The van der Waals surface area contributed by atoms with Crippen molar-refractivity contribution in [3.63, 3.8) is 0 Å². The Morgan fingerprint density at radius 1 is 1.24 bits per heavy atom. The first-order valence-electron chi connectivity index (χ1n) is 6.16. The van der Waals surface area contributed by atoms with Crippen molar-refractivity contribution in [2.75, 3.05) is 11.9 Å². The molecule has 1 heterocycles. The fourth-order valence-corrected chi connectivity index (χ4v) is 2.20. The zero-order valence-electron chi connectivity index (χ0n) is 10.9. The number of carbonyl (C=O) groups excluding carboxylic acids is 1. The second kappa shape index (κ2) is 6.89. The van der Waals surface area contributed by atoms with E-state index >= 15 is 0 Å². The van der Waals surface area contributed by atoms with Crippen LogP contribution in [0.4, 0.5) is 10.2 Å². The van der Waals surface area contributed by atoms with E-state index in [4.69, 9.17) is 5.11 Å². The largest absolute Gasteiger partial charge is 0.476 e. The minimum atomic E-state index is -1.14. The quantitative estimate of drug-likeness (QED) is 0.603. The second-order valence-corrected chi connectivity index (χ2v) is 4.76. The lowest BCUT2D eigenvalue weighted by Gasteiger charge is -2.03. The number of Topliss-reactive ketones (excluding diaryl/α,β-unsaturated/α-hetero) is 1. The lowest BCUT2D eigenvalue weighted by molar-refractivity contribution is 0.0692. The van der Waals surface area contributed by atoms with Crippen LogP contribution in [0.1, 0.15) is 33.7 Å². The van der Waals surface area contributed by atoms with Gasteiger partial charge in [-0.3, -0.25) is 4.79 Å². The molecule has 1 aromatic heterocycles. The fraction of sp³-hybridized carbons (Fsp3) is 0.231. The first kappa shape index (κ1) is 15.0. The number of nitrogens with one attached hydrogen (secondary N) is 1. The molecular formula is C13H12FN3O3S. The van der Waals surface area contributed by atoms with Crippen LogP contribution in [0.15, 0.2) is 24.3 Å². The second-order valence-electron chi connectivity index (χ2n) is 4.23. The van der Waals surface area contributed by atoms with Gasteiger partial charge in [-0.25, -0.2) is 9.18 Å². The lowest BCUT2D eigenvalue weighted by Crippen LogP contribution is -2.09. The van der Waals surface area contributed by atoms with Crippen molar-refractivity contribution in [1.29, 1.82) is 0 Å². The molecule has 0 atom stereocenters. The Bertz CT molecular complexity index is 642. The van der Waals surface area contributed by atoms with Crippen LogP contribution in [0, 0.1) is 5.82 Å². The molecule has 21 heavy (non-hydrogen) atoms. The van der Waals surface area contributed by atoms with Crippen LogP contribution in [-0.2, 0) is 0 Å². The van der Waals surface area contributed by atoms with Crippen molar-refractivity contribution in [2.45, 2.75) is 12.8 Å². The minimum Gasteiger partial charge on any atom is -0.476 e. The van der Waals surface area contributed by atoms with Crippen molar-refractivity contribution in [3.05, 3.63) is 41.3 Å². The fourth-order valence-electron chi connectivity index (χ4n) is 1.68. The zero-order chi connectivity index (χ0) is 15.2. The third-order valence-corrected chi connectivity index (χ3v) is 3.26. The van der Waals surface area contributed by atoms with Gasteiger partial charge in [0.05, 0.1) is 11.7 Å². The van der Waals surface area contributed by atoms with Crippen LogP contribution in [0.25, 0.3) is 0 Å². The summed E-state index contributed by atoms with van der Waals surface area (Å²) in [6.45, 7) is 0.401. The van der Waals surface area contributed by atoms with Gasteiger partial charge in [-0.2, -0.15) is 8.75 Å². The maximum absolute atomic E-state index is 12.7. The SMILES string of the molecule is O=C(CCCNc1nsnc1C(=O)O)c1ccc(F)cc1. The molecule has 0 radical (unpaired) electrons. The highest BCUT2D eigenvalue weighted by Gasteiger charge is 2.14. The van der Waals surface area contributed by atoms with Crippen molar-refractivity contribution >= 4 is 29.3 Å². The van der Waals surface area contributed by atoms with Crippen LogP contribution in [0.3, 0.4) is 0 Å². The summed E-state index contributed by atoms with van der Waals surface area (Å²) in [4.78, 5) is 22.6. The van der Waals surface area contributed by atoms with E-state index in [0.717, 1.165) is 11.7 Å². The summed E-state index contributed by atoms with van der Waals surface area (Å²) in [5, 5.41) is 11.7. The van der Waals surface area contributed by atoms with Crippen molar-refractivity contribution in [1.82, 2.24) is 8.75 Å². The molecule has 2 rings (SSSR count). The van der Waals surface area contributed by atoms with E-state index in [1.54, 1.807) is 0 Å². The molecule has 0 saturated carbocycles. The average Bonchev–Trinajstić information content (AvgIpc) is 2.92. The van der Waals surface area contributed by atoms with Gasteiger partial charge < -0.3 is 10.4 Å². The van der Waals surface area contributed by atoms with Gasteiger partial charge in [0, 0.05) is 18.5 Å². The minimum absolute atomic E-state index is 0.0911. The van der Waals surface area contributed by atoms with Gasteiger partial charge >= 0.3 is 5.97 Å².